The van der Waals surface area contributed by atoms with Gasteiger partial charge in [-0.3, -0.25) is 9.79 Å². The predicted octanol–water partition coefficient (Wildman–Crippen LogP) is 6.31. The molecule has 2 aromatic carbocycles. The second-order valence-electron chi connectivity index (χ2n) is 9.01. The summed E-state index contributed by atoms with van der Waals surface area (Å²) in [6, 6.07) is 9.36. The van der Waals surface area contributed by atoms with Crippen LogP contribution in [0, 0.1) is 5.92 Å². The van der Waals surface area contributed by atoms with Gasteiger partial charge in [-0.25, -0.2) is 4.98 Å². The lowest BCUT2D eigenvalue weighted by Crippen LogP contribution is -2.28. The van der Waals surface area contributed by atoms with E-state index in [2.05, 4.69) is 15.3 Å². The van der Waals surface area contributed by atoms with Crippen molar-refractivity contribution in [3.8, 4) is 17.2 Å². The first kappa shape index (κ1) is 22.8. The van der Waals surface area contributed by atoms with E-state index in [0.29, 0.717) is 60.9 Å². The van der Waals surface area contributed by atoms with Crippen LogP contribution in [0.3, 0.4) is 0 Å². The lowest BCUT2D eigenvalue weighted by atomic mass is 9.90. The van der Waals surface area contributed by atoms with Crippen molar-refractivity contribution in [2.45, 2.75) is 31.9 Å². The number of halogens is 4. The maximum Gasteiger partial charge on any atom is 0.416 e. The molecule has 6 nitrogen and oxygen atoms in total. The Kier molecular flexibility index (Phi) is 5.40. The number of ether oxygens (including phenoxy) is 2. The number of rotatable bonds is 3. The zero-order chi connectivity index (χ0) is 25.0. The van der Waals surface area contributed by atoms with Gasteiger partial charge >= 0.3 is 6.18 Å². The number of benzene rings is 2. The van der Waals surface area contributed by atoms with Gasteiger partial charge in [-0.15, -0.1) is 0 Å². The van der Waals surface area contributed by atoms with Gasteiger partial charge < -0.3 is 14.8 Å². The number of carbonyl (C=O) groups excluding carboxylic acids is 1. The number of aromatic nitrogens is 1. The maximum absolute atomic E-state index is 13.2. The van der Waals surface area contributed by atoms with E-state index in [1.54, 1.807) is 12.3 Å². The summed E-state index contributed by atoms with van der Waals surface area (Å²) in [5, 5.41) is 2.76. The van der Waals surface area contributed by atoms with Crippen molar-refractivity contribution in [2.24, 2.45) is 10.9 Å². The Hall–Kier alpha value is -3.59. The van der Waals surface area contributed by atoms with Crippen molar-refractivity contribution in [1.82, 2.24) is 4.98 Å². The molecule has 36 heavy (non-hydrogen) atoms. The van der Waals surface area contributed by atoms with E-state index in [1.807, 2.05) is 18.2 Å². The highest BCUT2D eigenvalue weighted by Crippen LogP contribution is 2.43. The SMILES string of the molecule is O=C1CCc2c(Oc3ccc4c(c3)CC(C3=Nc5c(Cl)cc(C(F)(F)F)cc5C3)CO4)ccnc2N1. The average Bonchev–Trinajstić information content (AvgIpc) is 3.28. The molecule has 184 valence electrons. The van der Waals surface area contributed by atoms with E-state index in [9.17, 15) is 18.0 Å². The van der Waals surface area contributed by atoms with E-state index >= 15 is 0 Å². The van der Waals surface area contributed by atoms with Gasteiger partial charge in [-0.05, 0) is 60.4 Å². The molecule has 0 radical (unpaired) electrons. The normalized spacial score (nSPS) is 18.4. The fourth-order valence-corrected chi connectivity index (χ4v) is 5.10. The summed E-state index contributed by atoms with van der Waals surface area (Å²) in [5.74, 6) is 2.30. The molecular weight excluding hydrogens is 495 g/mol. The number of nitrogens with one attached hydrogen (secondary N) is 1. The van der Waals surface area contributed by atoms with Crippen LogP contribution in [0.5, 0.6) is 17.2 Å². The zero-order valence-electron chi connectivity index (χ0n) is 18.8. The molecule has 0 saturated heterocycles. The summed E-state index contributed by atoms with van der Waals surface area (Å²) < 4.78 is 51.7. The van der Waals surface area contributed by atoms with Crippen molar-refractivity contribution in [2.75, 3.05) is 11.9 Å². The number of aliphatic imine (C=N–C) groups is 1. The molecule has 0 spiro atoms. The van der Waals surface area contributed by atoms with Gasteiger partial charge in [0.25, 0.3) is 0 Å². The van der Waals surface area contributed by atoms with Crippen LogP contribution in [0.4, 0.5) is 24.7 Å². The van der Waals surface area contributed by atoms with Crippen LogP contribution >= 0.6 is 11.6 Å². The topological polar surface area (TPSA) is 72.8 Å². The smallest absolute Gasteiger partial charge is 0.416 e. The van der Waals surface area contributed by atoms with Crippen molar-refractivity contribution in [3.05, 3.63) is 69.9 Å². The lowest BCUT2D eigenvalue weighted by Gasteiger charge is -2.26. The van der Waals surface area contributed by atoms with Crippen LogP contribution in [0.25, 0.3) is 0 Å². The van der Waals surface area contributed by atoms with E-state index < -0.39 is 11.7 Å². The van der Waals surface area contributed by atoms with Gasteiger partial charge in [0.1, 0.15) is 23.1 Å². The van der Waals surface area contributed by atoms with E-state index in [1.165, 1.54) is 0 Å². The van der Waals surface area contributed by atoms with Crippen LogP contribution in [-0.2, 0) is 30.2 Å². The molecule has 1 aromatic heterocycles. The summed E-state index contributed by atoms with van der Waals surface area (Å²) in [6.07, 6.45) is -1.07. The molecule has 6 rings (SSSR count). The fourth-order valence-electron chi connectivity index (χ4n) is 4.82. The first-order valence-corrected chi connectivity index (χ1v) is 11.8. The molecule has 0 saturated carbocycles. The molecule has 3 aromatic rings. The van der Waals surface area contributed by atoms with Crippen molar-refractivity contribution >= 4 is 34.7 Å². The minimum absolute atomic E-state index is 0.000452. The first-order chi connectivity index (χ1) is 17.2. The standard InChI is InChI=1S/C26H19ClF3N3O3/c27-19-11-16(26(28,29)30)8-14-10-20(32-24(14)19)15-7-13-9-17(1-3-21(13)35-12-15)36-22-5-6-31-25-18(22)2-4-23(34)33-25/h1,3,5-6,8-9,11,15H,2,4,7,10,12H2,(H,31,33,34). The quantitative estimate of drug-likeness (QED) is 0.445. The Labute approximate surface area is 209 Å². The van der Waals surface area contributed by atoms with Gasteiger partial charge in [0.2, 0.25) is 5.91 Å². The van der Waals surface area contributed by atoms with E-state index in [-0.39, 0.29) is 16.8 Å². The summed E-state index contributed by atoms with van der Waals surface area (Å²) in [4.78, 5) is 20.5. The Balaban J connectivity index is 1.22. The van der Waals surface area contributed by atoms with Crippen LogP contribution in [0.2, 0.25) is 5.02 Å². The summed E-state index contributed by atoms with van der Waals surface area (Å²) >= 11 is 6.14. The minimum atomic E-state index is -4.47. The summed E-state index contributed by atoms with van der Waals surface area (Å²) in [7, 11) is 0. The van der Waals surface area contributed by atoms with Gasteiger partial charge in [0, 0.05) is 36.2 Å². The number of fused-ring (bicyclic) bond motifs is 3. The number of hydrogen-bond donors (Lipinski definition) is 1. The molecule has 0 bridgehead atoms. The Morgan fingerprint density at radius 3 is 2.81 bits per heavy atom. The van der Waals surface area contributed by atoms with Crippen LogP contribution in [0.1, 0.15) is 28.7 Å². The molecule has 1 amide bonds. The van der Waals surface area contributed by atoms with E-state index in [4.69, 9.17) is 21.1 Å². The monoisotopic (exact) mass is 513 g/mol. The molecule has 0 aliphatic carbocycles. The molecule has 1 unspecified atom stereocenters. The molecule has 1 atom stereocenters. The maximum atomic E-state index is 13.2. The first-order valence-electron chi connectivity index (χ1n) is 11.4. The number of carbonyl (C=O) groups is 1. The second-order valence-corrected chi connectivity index (χ2v) is 9.42. The zero-order valence-corrected chi connectivity index (χ0v) is 19.5. The van der Waals surface area contributed by atoms with Gasteiger partial charge in [0.15, 0.2) is 0 Å². The van der Waals surface area contributed by atoms with Crippen LogP contribution < -0.4 is 14.8 Å². The summed E-state index contributed by atoms with van der Waals surface area (Å²) in [6.45, 7) is 0.376. The fraction of sp³-hybridized carbons (Fsp3) is 0.269. The minimum Gasteiger partial charge on any atom is -0.493 e. The van der Waals surface area contributed by atoms with E-state index in [0.717, 1.165) is 34.7 Å². The number of anilines is 1. The van der Waals surface area contributed by atoms with Crippen LogP contribution in [0.15, 0.2) is 47.6 Å². The highest BCUT2D eigenvalue weighted by atomic mass is 35.5. The van der Waals surface area contributed by atoms with Crippen LogP contribution in [-0.4, -0.2) is 23.2 Å². The van der Waals surface area contributed by atoms with Gasteiger partial charge in [0.05, 0.1) is 22.9 Å². The third-order valence-corrected chi connectivity index (χ3v) is 6.89. The molecule has 4 heterocycles. The second kappa shape index (κ2) is 8.51. The number of alkyl halides is 3. The Bertz CT molecular complexity index is 1440. The number of pyridine rings is 1. The predicted molar refractivity (Wildman–Crippen MR) is 128 cm³/mol. The largest absolute Gasteiger partial charge is 0.493 e. The number of nitrogens with zero attached hydrogens (tertiary/aromatic N) is 2. The van der Waals surface area contributed by atoms with Crippen molar-refractivity contribution in [1.29, 1.82) is 0 Å². The number of amides is 1. The third kappa shape index (κ3) is 4.17. The number of hydrogen-bond acceptors (Lipinski definition) is 5. The Morgan fingerprint density at radius 1 is 1.11 bits per heavy atom. The molecule has 3 aliphatic heterocycles. The lowest BCUT2D eigenvalue weighted by molar-refractivity contribution is -0.137. The molecular formula is C26H19ClF3N3O3. The Morgan fingerprint density at radius 2 is 1.97 bits per heavy atom. The van der Waals surface area contributed by atoms with Crippen molar-refractivity contribution in [3.63, 3.8) is 0 Å². The molecule has 1 N–H and O–H groups in total. The average molecular weight is 514 g/mol. The van der Waals surface area contributed by atoms with Gasteiger partial charge in [-0.2, -0.15) is 13.2 Å². The molecule has 10 heteroatoms. The summed E-state index contributed by atoms with van der Waals surface area (Å²) in [5.41, 5.74) is 2.62. The highest BCUT2D eigenvalue weighted by molar-refractivity contribution is 6.33. The highest BCUT2D eigenvalue weighted by Gasteiger charge is 2.35. The molecule has 0 fully saturated rings. The molecule has 3 aliphatic rings. The van der Waals surface area contributed by atoms with Gasteiger partial charge in [-0.1, -0.05) is 11.6 Å². The third-order valence-electron chi connectivity index (χ3n) is 6.61. The van der Waals surface area contributed by atoms with Crippen molar-refractivity contribution < 1.29 is 27.4 Å².